The van der Waals surface area contributed by atoms with Crippen molar-refractivity contribution in [3.63, 3.8) is 0 Å². The number of nitrogens with one attached hydrogen (secondary N) is 2. The molecule has 0 radical (unpaired) electrons. The Labute approximate surface area is 120 Å². The lowest BCUT2D eigenvalue weighted by molar-refractivity contribution is -0.118. The predicted molar refractivity (Wildman–Crippen MR) is 73.1 cm³/mol. The van der Waals surface area contributed by atoms with Gasteiger partial charge in [-0.05, 0) is 31.2 Å². The number of hydrogen-bond donors (Lipinski definition) is 2. The third-order valence-electron chi connectivity index (χ3n) is 2.18. The molecular weight excluding hydrogens is 284 g/mol. The van der Waals surface area contributed by atoms with Crippen LogP contribution in [0.15, 0.2) is 24.3 Å². The summed E-state index contributed by atoms with van der Waals surface area (Å²) in [7, 11) is 0. The van der Waals surface area contributed by atoms with Crippen LogP contribution in [-0.4, -0.2) is 34.3 Å². The average Bonchev–Trinajstić information content (AvgIpc) is 2.86. The van der Waals surface area contributed by atoms with E-state index in [2.05, 4.69) is 20.5 Å². The van der Waals surface area contributed by atoms with Crippen molar-refractivity contribution in [2.45, 2.75) is 6.92 Å². The van der Waals surface area contributed by atoms with E-state index in [1.165, 1.54) is 0 Å². The van der Waals surface area contributed by atoms with Crippen molar-refractivity contribution in [1.29, 1.82) is 0 Å². The topological polar surface area (TPSA) is 89.1 Å². The van der Waals surface area contributed by atoms with E-state index in [-0.39, 0.29) is 24.5 Å². The van der Waals surface area contributed by atoms with Crippen LogP contribution in [0.4, 0.5) is 5.95 Å². The minimum absolute atomic E-state index is 0.147. The number of rotatable bonds is 6. The first-order valence-corrected chi connectivity index (χ1v) is 6.28. The molecule has 0 fully saturated rings. The number of nitrogens with zero attached hydrogens (tertiary/aromatic N) is 2. The van der Waals surface area contributed by atoms with Crippen LogP contribution in [0.5, 0.6) is 11.8 Å². The summed E-state index contributed by atoms with van der Waals surface area (Å²) in [6.45, 7) is 2.12. The highest BCUT2D eigenvalue weighted by Gasteiger charge is 2.08. The Morgan fingerprint density at radius 3 is 2.80 bits per heavy atom. The second-order valence-electron chi connectivity index (χ2n) is 3.69. The number of benzene rings is 1. The van der Waals surface area contributed by atoms with Crippen molar-refractivity contribution in [2.24, 2.45) is 0 Å². The summed E-state index contributed by atoms with van der Waals surface area (Å²) >= 11 is 5.74. The highest BCUT2D eigenvalue weighted by molar-refractivity contribution is 6.30. The Bertz CT molecular complexity index is 570. The minimum atomic E-state index is -0.362. The lowest BCUT2D eigenvalue weighted by Gasteiger charge is -2.05. The second kappa shape index (κ2) is 6.76. The molecule has 1 aromatic heterocycles. The zero-order valence-electron chi connectivity index (χ0n) is 10.7. The van der Waals surface area contributed by atoms with Gasteiger partial charge in [0.15, 0.2) is 6.61 Å². The Morgan fingerprint density at radius 2 is 2.10 bits per heavy atom. The van der Waals surface area contributed by atoms with E-state index in [9.17, 15) is 4.79 Å². The van der Waals surface area contributed by atoms with E-state index < -0.39 is 0 Å². The molecule has 1 aromatic carbocycles. The molecule has 0 aliphatic rings. The minimum Gasteiger partial charge on any atom is -0.484 e. The number of hydrogen-bond acceptors (Lipinski definition) is 5. The highest BCUT2D eigenvalue weighted by Crippen LogP contribution is 2.15. The molecule has 0 saturated carbocycles. The fourth-order valence-electron chi connectivity index (χ4n) is 1.34. The number of carbonyl (C=O) groups excluding carboxylic acids is 1. The first-order valence-electron chi connectivity index (χ1n) is 5.91. The Kier molecular flexibility index (Phi) is 4.78. The monoisotopic (exact) mass is 296 g/mol. The molecule has 106 valence electrons. The molecule has 2 N–H and O–H groups in total. The lowest BCUT2D eigenvalue weighted by Crippen LogP contribution is -2.20. The van der Waals surface area contributed by atoms with Crippen molar-refractivity contribution in [3.8, 4) is 11.8 Å². The van der Waals surface area contributed by atoms with Gasteiger partial charge in [0.2, 0.25) is 5.95 Å². The number of carbonyl (C=O) groups is 1. The fraction of sp³-hybridized carbons (Fsp3) is 0.250. The number of halogens is 1. The van der Waals surface area contributed by atoms with Gasteiger partial charge in [0.1, 0.15) is 5.75 Å². The maximum absolute atomic E-state index is 11.6. The van der Waals surface area contributed by atoms with Gasteiger partial charge in [0, 0.05) is 5.02 Å². The third-order valence-corrected chi connectivity index (χ3v) is 2.43. The van der Waals surface area contributed by atoms with Gasteiger partial charge >= 0.3 is 6.01 Å². The normalized spacial score (nSPS) is 10.1. The third kappa shape index (κ3) is 4.13. The van der Waals surface area contributed by atoms with Gasteiger partial charge in [0.25, 0.3) is 5.91 Å². The van der Waals surface area contributed by atoms with Crippen LogP contribution in [0.1, 0.15) is 6.92 Å². The molecule has 0 saturated heterocycles. The summed E-state index contributed by atoms with van der Waals surface area (Å²) in [6, 6.07) is 6.90. The standard InChI is InChI=1S/C12H13ClN4O3/c1-2-19-12-15-11(16-17-12)14-10(18)7-20-9-5-3-8(13)4-6-9/h3-6H,2,7H2,1H3,(H2,14,15,16,17,18). The molecule has 0 spiro atoms. The lowest BCUT2D eigenvalue weighted by atomic mass is 10.3. The number of aromatic nitrogens is 3. The van der Waals surface area contributed by atoms with Crippen molar-refractivity contribution >= 4 is 23.5 Å². The van der Waals surface area contributed by atoms with E-state index in [0.29, 0.717) is 17.4 Å². The first-order chi connectivity index (χ1) is 9.67. The van der Waals surface area contributed by atoms with E-state index in [1.807, 2.05) is 6.92 Å². The van der Waals surface area contributed by atoms with Crippen LogP contribution in [0.2, 0.25) is 5.02 Å². The summed E-state index contributed by atoms with van der Waals surface area (Å²) in [4.78, 5) is 15.5. The molecule has 1 heterocycles. The van der Waals surface area contributed by atoms with Gasteiger partial charge in [-0.1, -0.05) is 11.6 Å². The molecule has 20 heavy (non-hydrogen) atoms. The smallest absolute Gasteiger partial charge is 0.337 e. The summed E-state index contributed by atoms with van der Waals surface area (Å²) in [6.07, 6.45) is 0. The molecule has 2 rings (SSSR count). The number of amides is 1. The average molecular weight is 297 g/mol. The van der Waals surface area contributed by atoms with Crippen molar-refractivity contribution < 1.29 is 14.3 Å². The van der Waals surface area contributed by atoms with Crippen molar-refractivity contribution in [2.75, 3.05) is 18.5 Å². The van der Waals surface area contributed by atoms with Gasteiger partial charge < -0.3 is 9.47 Å². The van der Waals surface area contributed by atoms with Crippen molar-refractivity contribution in [1.82, 2.24) is 15.2 Å². The van der Waals surface area contributed by atoms with Gasteiger partial charge in [0.05, 0.1) is 6.61 Å². The van der Waals surface area contributed by atoms with E-state index in [4.69, 9.17) is 21.1 Å². The quantitative estimate of drug-likeness (QED) is 0.849. The summed E-state index contributed by atoms with van der Waals surface area (Å²) < 4.78 is 10.3. The molecule has 0 bridgehead atoms. The summed E-state index contributed by atoms with van der Waals surface area (Å²) in [5, 5.41) is 9.40. The van der Waals surface area contributed by atoms with E-state index in [0.717, 1.165) is 0 Å². The van der Waals surface area contributed by atoms with E-state index >= 15 is 0 Å². The molecule has 0 unspecified atom stereocenters. The first kappa shape index (κ1) is 14.1. The van der Waals surface area contributed by atoms with Gasteiger partial charge in [-0.3, -0.25) is 10.1 Å². The predicted octanol–water partition coefficient (Wildman–Crippen LogP) is 1.87. The SMILES string of the molecule is CCOc1n[nH]c(NC(=O)COc2ccc(Cl)cc2)n1. The molecule has 2 aromatic rings. The summed E-state index contributed by atoms with van der Waals surface area (Å²) in [5.74, 6) is 0.398. The Morgan fingerprint density at radius 1 is 1.35 bits per heavy atom. The molecular formula is C12H13ClN4O3. The fourth-order valence-corrected chi connectivity index (χ4v) is 1.47. The summed E-state index contributed by atoms with van der Waals surface area (Å²) in [5.41, 5.74) is 0. The number of anilines is 1. The maximum atomic E-state index is 11.6. The molecule has 0 aliphatic carbocycles. The van der Waals surface area contributed by atoms with Crippen molar-refractivity contribution in [3.05, 3.63) is 29.3 Å². The molecule has 8 heteroatoms. The van der Waals surface area contributed by atoms with Gasteiger partial charge in [-0.2, -0.15) is 4.98 Å². The number of H-pyrrole nitrogens is 1. The van der Waals surface area contributed by atoms with Crippen LogP contribution in [-0.2, 0) is 4.79 Å². The molecule has 1 amide bonds. The number of aromatic amines is 1. The van der Waals surface area contributed by atoms with Crippen LogP contribution >= 0.6 is 11.6 Å². The largest absolute Gasteiger partial charge is 0.484 e. The zero-order valence-corrected chi connectivity index (χ0v) is 11.5. The van der Waals surface area contributed by atoms with Gasteiger partial charge in [-0.15, -0.1) is 5.10 Å². The molecule has 7 nitrogen and oxygen atoms in total. The highest BCUT2D eigenvalue weighted by atomic mass is 35.5. The Balaban J connectivity index is 1.81. The zero-order chi connectivity index (χ0) is 14.4. The maximum Gasteiger partial charge on any atom is 0.337 e. The molecule has 0 atom stereocenters. The van der Waals surface area contributed by atoms with Crippen LogP contribution in [0.25, 0.3) is 0 Å². The van der Waals surface area contributed by atoms with Crippen LogP contribution in [0, 0.1) is 0 Å². The van der Waals surface area contributed by atoms with Crippen LogP contribution < -0.4 is 14.8 Å². The van der Waals surface area contributed by atoms with E-state index in [1.54, 1.807) is 24.3 Å². The Hall–Kier alpha value is -2.28. The number of ether oxygens (including phenoxy) is 2. The molecule has 0 aliphatic heterocycles. The second-order valence-corrected chi connectivity index (χ2v) is 4.13. The van der Waals surface area contributed by atoms with Crippen LogP contribution in [0.3, 0.4) is 0 Å². The van der Waals surface area contributed by atoms with Gasteiger partial charge in [-0.25, -0.2) is 5.10 Å².